The first-order valence-corrected chi connectivity index (χ1v) is 6.25. The Labute approximate surface area is 119 Å². The molecule has 7 heteroatoms. The summed E-state index contributed by atoms with van der Waals surface area (Å²) in [6.07, 6.45) is 2.83. The summed E-state index contributed by atoms with van der Waals surface area (Å²) in [4.78, 5) is 21.9. The third-order valence-electron chi connectivity index (χ3n) is 2.17. The van der Waals surface area contributed by atoms with Gasteiger partial charge in [-0.1, -0.05) is 28.1 Å². The van der Waals surface area contributed by atoms with E-state index < -0.39 is 11.9 Å². The Morgan fingerprint density at radius 1 is 1.37 bits per heavy atom. The molecule has 0 spiro atoms. The molecule has 102 valence electrons. The molecular weight excluding hydrogens is 314 g/mol. The van der Waals surface area contributed by atoms with Crippen LogP contribution in [0.4, 0.5) is 4.79 Å². The summed E-state index contributed by atoms with van der Waals surface area (Å²) < 4.78 is 0.942. The normalized spacial score (nSPS) is 10.4. The Balaban J connectivity index is 2.44. The minimum absolute atomic E-state index is 0.0353. The highest BCUT2D eigenvalue weighted by atomic mass is 79.9. The molecule has 0 unspecified atom stereocenters. The maximum Gasteiger partial charge on any atom is 0.312 e. The van der Waals surface area contributed by atoms with Gasteiger partial charge in [0.1, 0.15) is 0 Å². The molecule has 0 fully saturated rings. The van der Waals surface area contributed by atoms with Gasteiger partial charge in [0, 0.05) is 17.1 Å². The van der Waals surface area contributed by atoms with Crippen molar-refractivity contribution in [1.82, 2.24) is 10.4 Å². The van der Waals surface area contributed by atoms with E-state index in [9.17, 15) is 14.8 Å². The van der Waals surface area contributed by atoms with Gasteiger partial charge >= 0.3 is 6.03 Å². The number of halogens is 1. The molecule has 0 aliphatic heterocycles. The minimum Gasteiger partial charge on any atom is -0.352 e. The van der Waals surface area contributed by atoms with Gasteiger partial charge in [0.25, 0.3) is 5.91 Å². The molecule has 0 heterocycles. The molecule has 0 radical (unpaired) electrons. The lowest BCUT2D eigenvalue weighted by molar-refractivity contribution is -0.158. The van der Waals surface area contributed by atoms with Gasteiger partial charge in [0.15, 0.2) is 0 Å². The molecule has 19 heavy (non-hydrogen) atoms. The average Bonchev–Trinajstić information content (AvgIpc) is 2.37. The van der Waals surface area contributed by atoms with Gasteiger partial charge in [-0.25, -0.2) is 9.86 Å². The lowest BCUT2D eigenvalue weighted by Crippen LogP contribution is -2.38. The molecule has 0 aliphatic rings. The number of rotatable bonds is 5. The lowest BCUT2D eigenvalue weighted by atomic mass is 10.2. The molecule has 1 aromatic rings. The molecule has 0 aliphatic carbocycles. The number of urea groups is 1. The van der Waals surface area contributed by atoms with Crippen LogP contribution in [0.3, 0.4) is 0 Å². The molecule has 4 N–H and O–H groups in total. The standard InChI is InChI=1S/C12H14BrN3O3/c13-10-4-1-9(2-5-10)3-6-11(17)16(19)8-7-15-12(14)18/h1-6,19H,7-8H2,(H3,14,15,18). The van der Waals surface area contributed by atoms with Gasteiger partial charge in [-0.15, -0.1) is 0 Å². The van der Waals surface area contributed by atoms with E-state index in [-0.39, 0.29) is 13.1 Å². The highest BCUT2D eigenvalue weighted by molar-refractivity contribution is 9.10. The van der Waals surface area contributed by atoms with Gasteiger partial charge < -0.3 is 11.1 Å². The van der Waals surface area contributed by atoms with Crippen molar-refractivity contribution in [3.05, 3.63) is 40.4 Å². The van der Waals surface area contributed by atoms with Crippen molar-refractivity contribution in [3.8, 4) is 0 Å². The number of carbonyl (C=O) groups is 2. The van der Waals surface area contributed by atoms with Crippen molar-refractivity contribution in [2.24, 2.45) is 5.73 Å². The average molecular weight is 328 g/mol. The maximum absolute atomic E-state index is 11.5. The van der Waals surface area contributed by atoms with Gasteiger partial charge in [-0.2, -0.15) is 0 Å². The Morgan fingerprint density at radius 3 is 2.58 bits per heavy atom. The van der Waals surface area contributed by atoms with E-state index in [1.165, 1.54) is 6.08 Å². The number of amides is 3. The lowest BCUT2D eigenvalue weighted by Gasteiger charge is -2.12. The van der Waals surface area contributed by atoms with Gasteiger partial charge in [0.2, 0.25) is 0 Å². The molecule has 6 nitrogen and oxygen atoms in total. The number of hydrogen-bond donors (Lipinski definition) is 3. The third kappa shape index (κ3) is 6.03. The van der Waals surface area contributed by atoms with Crippen molar-refractivity contribution in [1.29, 1.82) is 0 Å². The zero-order valence-corrected chi connectivity index (χ0v) is 11.6. The van der Waals surface area contributed by atoms with Crippen LogP contribution in [-0.2, 0) is 4.79 Å². The first kappa shape index (κ1) is 15.2. The first-order chi connectivity index (χ1) is 8.99. The molecule has 0 atom stereocenters. The number of benzene rings is 1. The second-order valence-electron chi connectivity index (χ2n) is 3.64. The predicted octanol–water partition coefficient (Wildman–Crippen LogP) is 1.35. The summed E-state index contributed by atoms with van der Waals surface area (Å²) in [5.41, 5.74) is 5.68. The number of primary amides is 1. The quantitative estimate of drug-likeness (QED) is 0.432. The van der Waals surface area contributed by atoms with Gasteiger partial charge in [-0.05, 0) is 23.8 Å². The van der Waals surface area contributed by atoms with Crippen LogP contribution in [0.1, 0.15) is 5.56 Å². The summed E-state index contributed by atoms with van der Waals surface area (Å²) in [5.74, 6) is -0.575. The fraction of sp³-hybridized carbons (Fsp3) is 0.167. The highest BCUT2D eigenvalue weighted by Gasteiger charge is 2.06. The second-order valence-corrected chi connectivity index (χ2v) is 4.55. The van der Waals surface area contributed by atoms with Gasteiger partial charge in [-0.3, -0.25) is 10.0 Å². The highest BCUT2D eigenvalue weighted by Crippen LogP contribution is 2.11. The van der Waals surface area contributed by atoms with E-state index >= 15 is 0 Å². The van der Waals surface area contributed by atoms with Crippen molar-refractivity contribution in [2.45, 2.75) is 0 Å². The van der Waals surface area contributed by atoms with Crippen LogP contribution >= 0.6 is 15.9 Å². The van der Waals surface area contributed by atoms with E-state index in [4.69, 9.17) is 5.73 Å². The van der Waals surface area contributed by atoms with Crippen LogP contribution < -0.4 is 11.1 Å². The maximum atomic E-state index is 11.5. The monoisotopic (exact) mass is 327 g/mol. The Morgan fingerprint density at radius 2 is 2.00 bits per heavy atom. The third-order valence-corrected chi connectivity index (χ3v) is 2.69. The number of hydroxylamine groups is 2. The molecule has 1 rings (SSSR count). The predicted molar refractivity (Wildman–Crippen MR) is 74.3 cm³/mol. The zero-order chi connectivity index (χ0) is 14.3. The number of hydrogen-bond acceptors (Lipinski definition) is 3. The molecule has 0 saturated heterocycles. The minimum atomic E-state index is -0.703. The van der Waals surface area contributed by atoms with Crippen LogP contribution in [-0.4, -0.2) is 35.3 Å². The van der Waals surface area contributed by atoms with Crippen molar-refractivity contribution in [2.75, 3.05) is 13.1 Å². The molecule has 1 aromatic carbocycles. The number of nitrogens with zero attached hydrogens (tertiary/aromatic N) is 1. The van der Waals surface area contributed by atoms with Crippen molar-refractivity contribution < 1.29 is 14.8 Å². The summed E-state index contributed by atoms with van der Waals surface area (Å²) >= 11 is 3.30. The molecule has 0 bridgehead atoms. The summed E-state index contributed by atoms with van der Waals surface area (Å²) in [5, 5.41) is 12.2. The summed E-state index contributed by atoms with van der Waals surface area (Å²) in [7, 11) is 0. The van der Waals surface area contributed by atoms with E-state index in [1.807, 2.05) is 24.3 Å². The topological polar surface area (TPSA) is 95.7 Å². The molecule has 3 amide bonds. The summed E-state index contributed by atoms with van der Waals surface area (Å²) in [6, 6.07) is 6.63. The summed E-state index contributed by atoms with van der Waals surface area (Å²) in [6.45, 7) is 0.0517. The van der Waals surface area contributed by atoms with E-state index in [2.05, 4.69) is 21.2 Å². The number of nitrogens with two attached hydrogens (primary N) is 1. The SMILES string of the molecule is NC(=O)NCCN(O)C(=O)C=Cc1ccc(Br)cc1. The Kier molecular flexibility index (Phi) is 6.04. The van der Waals surface area contributed by atoms with Crippen molar-refractivity contribution in [3.63, 3.8) is 0 Å². The van der Waals surface area contributed by atoms with Crippen LogP contribution in [0.15, 0.2) is 34.8 Å². The smallest absolute Gasteiger partial charge is 0.312 e. The van der Waals surface area contributed by atoms with E-state index in [1.54, 1.807) is 6.08 Å². The number of carbonyl (C=O) groups excluding carboxylic acids is 2. The molecule has 0 aromatic heterocycles. The Bertz CT molecular complexity index is 474. The largest absolute Gasteiger partial charge is 0.352 e. The first-order valence-electron chi connectivity index (χ1n) is 5.46. The van der Waals surface area contributed by atoms with E-state index in [0.717, 1.165) is 10.0 Å². The zero-order valence-electron chi connectivity index (χ0n) is 10.0. The fourth-order valence-corrected chi connectivity index (χ4v) is 1.49. The van der Waals surface area contributed by atoms with Crippen LogP contribution in [0, 0.1) is 0 Å². The molecular formula is C12H14BrN3O3. The van der Waals surface area contributed by atoms with Gasteiger partial charge in [0.05, 0.1) is 6.54 Å². The van der Waals surface area contributed by atoms with Crippen LogP contribution in [0.25, 0.3) is 6.08 Å². The second kappa shape index (κ2) is 7.55. The molecule has 0 saturated carbocycles. The van der Waals surface area contributed by atoms with E-state index in [0.29, 0.717) is 5.06 Å². The Hall–Kier alpha value is -1.86. The fourth-order valence-electron chi connectivity index (χ4n) is 1.22. The van der Waals surface area contributed by atoms with Crippen LogP contribution in [0.5, 0.6) is 0 Å². The van der Waals surface area contributed by atoms with Crippen LogP contribution in [0.2, 0.25) is 0 Å². The number of nitrogens with one attached hydrogen (secondary N) is 1. The van der Waals surface area contributed by atoms with Crippen molar-refractivity contribution >= 4 is 33.9 Å².